The molecule has 3 N–H and O–H groups in total. The highest BCUT2D eigenvalue weighted by atomic mass is 35.5. The molecule has 0 saturated heterocycles. The second-order valence-electron chi connectivity index (χ2n) is 3.04. The van der Waals surface area contributed by atoms with Crippen molar-refractivity contribution in [2.75, 3.05) is 14.2 Å². The summed E-state index contributed by atoms with van der Waals surface area (Å²) in [4.78, 5) is 10.8. The van der Waals surface area contributed by atoms with Crippen LogP contribution < -0.4 is 15.2 Å². The molecule has 0 amide bonds. The van der Waals surface area contributed by atoms with E-state index >= 15 is 0 Å². The highest BCUT2D eigenvalue weighted by molar-refractivity contribution is 6.31. The van der Waals surface area contributed by atoms with Gasteiger partial charge in [-0.1, -0.05) is 11.6 Å². The van der Waals surface area contributed by atoms with Crippen molar-refractivity contribution < 1.29 is 19.4 Å². The number of aliphatic carboxylic acids is 1. The second kappa shape index (κ2) is 5.05. The molecule has 88 valence electrons. The standard InChI is InChI=1S/C10H12ClNO4/c1-15-7-3-5(9(12)10(13)14)6(11)4-8(7)16-2/h3-4,9H,12H2,1-2H3,(H,13,14). The molecule has 1 aromatic rings. The van der Waals surface area contributed by atoms with E-state index in [4.69, 9.17) is 31.9 Å². The van der Waals surface area contributed by atoms with E-state index in [1.807, 2.05) is 0 Å². The maximum absolute atomic E-state index is 10.8. The van der Waals surface area contributed by atoms with Crippen molar-refractivity contribution >= 4 is 17.6 Å². The van der Waals surface area contributed by atoms with Crippen LogP contribution in [0, 0.1) is 0 Å². The number of hydrogen-bond donors (Lipinski definition) is 2. The largest absolute Gasteiger partial charge is 0.493 e. The molecule has 0 aromatic heterocycles. The molecule has 0 aliphatic carbocycles. The first-order valence-electron chi connectivity index (χ1n) is 4.41. The summed E-state index contributed by atoms with van der Waals surface area (Å²) in [7, 11) is 2.91. The fourth-order valence-electron chi connectivity index (χ4n) is 1.24. The Labute approximate surface area is 97.7 Å². The Morgan fingerprint density at radius 3 is 2.31 bits per heavy atom. The molecule has 6 heteroatoms. The number of methoxy groups -OCH3 is 2. The molecule has 0 aliphatic heterocycles. The number of carboxylic acid groups (broad SMARTS) is 1. The lowest BCUT2D eigenvalue weighted by Gasteiger charge is -2.13. The summed E-state index contributed by atoms with van der Waals surface area (Å²) in [6, 6.07) is 1.74. The van der Waals surface area contributed by atoms with Crippen LogP contribution in [0.1, 0.15) is 11.6 Å². The molecule has 1 atom stereocenters. The number of benzene rings is 1. The molecule has 0 aliphatic rings. The monoisotopic (exact) mass is 245 g/mol. The predicted octanol–water partition coefficient (Wildman–Crippen LogP) is 1.44. The van der Waals surface area contributed by atoms with Crippen LogP contribution >= 0.6 is 11.6 Å². The Morgan fingerprint density at radius 2 is 1.88 bits per heavy atom. The highest BCUT2D eigenvalue weighted by Gasteiger charge is 2.20. The minimum absolute atomic E-state index is 0.229. The summed E-state index contributed by atoms with van der Waals surface area (Å²) in [6.07, 6.45) is 0. The summed E-state index contributed by atoms with van der Waals surface area (Å²) in [5.41, 5.74) is 5.76. The maximum atomic E-state index is 10.8. The van der Waals surface area contributed by atoms with Gasteiger partial charge in [0.1, 0.15) is 6.04 Å². The van der Waals surface area contributed by atoms with Crippen molar-refractivity contribution in [1.82, 2.24) is 0 Å². The van der Waals surface area contributed by atoms with Gasteiger partial charge in [-0.25, -0.2) is 0 Å². The first-order valence-corrected chi connectivity index (χ1v) is 4.78. The van der Waals surface area contributed by atoms with E-state index in [1.54, 1.807) is 0 Å². The molecular weight excluding hydrogens is 234 g/mol. The van der Waals surface area contributed by atoms with Gasteiger partial charge in [0.25, 0.3) is 0 Å². The van der Waals surface area contributed by atoms with Gasteiger partial charge in [0, 0.05) is 16.7 Å². The zero-order valence-corrected chi connectivity index (χ0v) is 9.62. The molecule has 0 bridgehead atoms. The SMILES string of the molecule is COc1cc(Cl)c(C(N)C(=O)O)cc1OC. The van der Waals surface area contributed by atoms with Gasteiger partial charge < -0.3 is 20.3 Å². The number of halogens is 1. The third kappa shape index (κ3) is 2.37. The van der Waals surface area contributed by atoms with E-state index in [-0.39, 0.29) is 10.6 Å². The summed E-state index contributed by atoms with van der Waals surface area (Å²) in [6.45, 7) is 0. The first-order chi connectivity index (χ1) is 7.51. The van der Waals surface area contributed by atoms with Gasteiger partial charge in [0.15, 0.2) is 11.5 Å². The Morgan fingerprint density at radius 1 is 1.38 bits per heavy atom. The van der Waals surface area contributed by atoms with E-state index in [0.29, 0.717) is 11.5 Å². The smallest absolute Gasteiger partial charge is 0.325 e. The van der Waals surface area contributed by atoms with E-state index in [9.17, 15) is 4.79 Å². The summed E-state index contributed by atoms with van der Waals surface area (Å²) in [5.74, 6) is -0.346. The average molecular weight is 246 g/mol. The van der Waals surface area contributed by atoms with Crippen LogP contribution in [0.2, 0.25) is 5.02 Å². The van der Waals surface area contributed by atoms with Crippen LogP contribution in [0.4, 0.5) is 0 Å². The zero-order chi connectivity index (χ0) is 12.3. The first kappa shape index (κ1) is 12.6. The minimum atomic E-state index is -1.19. The van der Waals surface area contributed by atoms with Gasteiger partial charge in [0.2, 0.25) is 0 Å². The fourth-order valence-corrected chi connectivity index (χ4v) is 1.51. The molecule has 0 spiro atoms. The number of nitrogens with two attached hydrogens (primary N) is 1. The van der Waals surface area contributed by atoms with Crippen LogP contribution in [0.25, 0.3) is 0 Å². The van der Waals surface area contributed by atoms with Gasteiger partial charge in [0.05, 0.1) is 14.2 Å². The average Bonchev–Trinajstić information content (AvgIpc) is 2.27. The lowest BCUT2D eigenvalue weighted by atomic mass is 10.1. The normalized spacial score (nSPS) is 12.0. The van der Waals surface area contributed by atoms with Gasteiger partial charge >= 0.3 is 5.97 Å². The van der Waals surface area contributed by atoms with E-state index in [1.165, 1.54) is 26.4 Å². The van der Waals surface area contributed by atoms with Crippen molar-refractivity contribution in [2.24, 2.45) is 5.73 Å². The molecule has 0 fully saturated rings. The van der Waals surface area contributed by atoms with Crippen molar-refractivity contribution in [1.29, 1.82) is 0 Å². The topological polar surface area (TPSA) is 81.8 Å². The predicted molar refractivity (Wildman–Crippen MR) is 59.1 cm³/mol. The van der Waals surface area contributed by atoms with Crippen molar-refractivity contribution in [2.45, 2.75) is 6.04 Å². The lowest BCUT2D eigenvalue weighted by Crippen LogP contribution is -2.21. The Hall–Kier alpha value is -1.46. The molecule has 1 unspecified atom stereocenters. The Kier molecular flexibility index (Phi) is 3.98. The summed E-state index contributed by atoms with van der Waals surface area (Å²) in [5, 5.41) is 9.02. The van der Waals surface area contributed by atoms with Gasteiger partial charge in [-0.05, 0) is 6.07 Å². The molecule has 1 aromatic carbocycles. The molecular formula is C10H12ClNO4. The van der Waals surface area contributed by atoms with Crippen LogP contribution in [0.5, 0.6) is 11.5 Å². The highest BCUT2D eigenvalue weighted by Crippen LogP contribution is 2.35. The molecule has 16 heavy (non-hydrogen) atoms. The maximum Gasteiger partial charge on any atom is 0.325 e. The number of ether oxygens (including phenoxy) is 2. The van der Waals surface area contributed by atoms with Gasteiger partial charge in [-0.15, -0.1) is 0 Å². The molecule has 5 nitrogen and oxygen atoms in total. The van der Waals surface area contributed by atoms with Crippen LogP contribution in [-0.2, 0) is 4.79 Å². The number of hydrogen-bond acceptors (Lipinski definition) is 4. The van der Waals surface area contributed by atoms with E-state index in [0.717, 1.165) is 0 Å². The van der Waals surface area contributed by atoms with Gasteiger partial charge in [-0.2, -0.15) is 0 Å². The van der Waals surface area contributed by atoms with E-state index < -0.39 is 12.0 Å². The van der Waals surface area contributed by atoms with Crippen molar-refractivity contribution in [3.63, 3.8) is 0 Å². The number of carbonyl (C=O) groups is 1. The van der Waals surface area contributed by atoms with Crippen molar-refractivity contribution in [3.8, 4) is 11.5 Å². The second-order valence-corrected chi connectivity index (χ2v) is 3.45. The quantitative estimate of drug-likeness (QED) is 0.839. The molecule has 0 heterocycles. The molecule has 1 rings (SSSR count). The van der Waals surface area contributed by atoms with Gasteiger partial charge in [-0.3, -0.25) is 4.79 Å². The van der Waals surface area contributed by atoms with Crippen LogP contribution in [0.15, 0.2) is 12.1 Å². The van der Waals surface area contributed by atoms with E-state index in [2.05, 4.69) is 0 Å². The summed E-state index contributed by atoms with van der Waals surface area (Å²) >= 11 is 5.90. The Bertz CT molecular complexity index is 408. The molecule has 0 saturated carbocycles. The fraction of sp³-hybridized carbons (Fsp3) is 0.300. The Balaban J connectivity index is 3.26. The lowest BCUT2D eigenvalue weighted by molar-refractivity contribution is -0.138. The van der Waals surface area contributed by atoms with Crippen LogP contribution in [0.3, 0.4) is 0 Å². The third-order valence-corrected chi connectivity index (χ3v) is 2.43. The van der Waals surface area contributed by atoms with Crippen LogP contribution in [-0.4, -0.2) is 25.3 Å². The molecule has 0 radical (unpaired) electrons. The van der Waals surface area contributed by atoms with Crippen molar-refractivity contribution in [3.05, 3.63) is 22.7 Å². The third-order valence-electron chi connectivity index (χ3n) is 2.10. The number of carboxylic acids is 1. The number of rotatable bonds is 4. The zero-order valence-electron chi connectivity index (χ0n) is 8.86. The minimum Gasteiger partial charge on any atom is -0.493 e. The summed E-state index contributed by atoms with van der Waals surface area (Å²) < 4.78 is 10.0.